The molecule has 208 valence electrons. The first-order valence-electron chi connectivity index (χ1n) is 11.2. The number of rotatable bonds is 11. The summed E-state index contributed by atoms with van der Waals surface area (Å²) in [6.07, 6.45) is -3.13. The van der Waals surface area contributed by atoms with Crippen molar-refractivity contribution in [2.75, 3.05) is 36.7 Å². The van der Waals surface area contributed by atoms with E-state index in [-0.39, 0.29) is 36.8 Å². The summed E-state index contributed by atoms with van der Waals surface area (Å²) in [5.74, 6) is -1.24. The SMILES string of the molecule is NC(=O)CNC(=O)C1=CC(NC(=O)Nc2ccccc2Br)C(OC(=O)NCCCl)C(OC(=O)NCCCl)C1. The minimum atomic E-state index is -1.26. The summed E-state index contributed by atoms with van der Waals surface area (Å²) in [5.41, 5.74) is 5.59. The van der Waals surface area contributed by atoms with Gasteiger partial charge in [0.2, 0.25) is 11.8 Å². The van der Waals surface area contributed by atoms with Crippen molar-refractivity contribution in [1.82, 2.24) is 21.3 Å². The number of anilines is 1. The maximum Gasteiger partial charge on any atom is 0.407 e. The number of amides is 6. The van der Waals surface area contributed by atoms with Gasteiger partial charge < -0.3 is 41.8 Å². The van der Waals surface area contributed by atoms with Crippen LogP contribution >= 0.6 is 39.1 Å². The maximum atomic E-state index is 12.9. The van der Waals surface area contributed by atoms with Crippen molar-refractivity contribution in [3.8, 4) is 0 Å². The number of halogens is 3. The van der Waals surface area contributed by atoms with Crippen molar-refractivity contribution in [3.05, 3.63) is 40.4 Å². The number of carbonyl (C=O) groups excluding carboxylic acids is 5. The van der Waals surface area contributed by atoms with Gasteiger partial charge in [-0.3, -0.25) is 9.59 Å². The molecule has 13 nitrogen and oxygen atoms in total. The number of alkyl halides is 2. The minimum absolute atomic E-state index is 0.0496. The van der Waals surface area contributed by atoms with Gasteiger partial charge in [-0.25, -0.2) is 14.4 Å². The molecule has 1 aliphatic rings. The van der Waals surface area contributed by atoms with Gasteiger partial charge in [-0.15, -0.1) is 23.2 Å². The number of nitrogens with one attached hydrogen (secondary N) is 5. The zero-order valence-corrected chi connectivity index (χ0v) is 23.0. The molecule has 0 fully saturated rings. The summed E-state index contributed by atoms with van der Waals surface area (Å²) < 4.78 is 11.5. The molecular weight excluding hydrogens is 611 g/mol. The summed E-state index contributed by atoms with van der Waals surface area (Å²) in [7, 11) is 0. The predicted octanol–water partition coefficient (Wildman–Crippen LogP) is 1.54. The van der Waals surface area contributed by atoms with Gasteiger partial charge in [-0.1, -0.05) is 12.1 Å². The van der Waals surface area contributed by atoms with Crippen LogP contribution in [0.2, 0.25) is 0 Å². The van der Waals surface area contributed by atoms with Gasteiger partial charge in [0.05, 0.1) is 18.3 Å². The van der Waals surface area contributed by atoms with Crippen LogP contribution in [0.15, 0.2) is 40.4 Å². The van der Waals surface area contributed by atoms with E-state index in [1.54, 1.807) is 24.3 Å². The molecule has 1 aliphatic carbocycles. The van der Waals surface area contributed by atoms with Crippen LogP contribution < -0.4 is 32.3 Å². The van der Waals surface area contributed by atoms with Crippen molar-refractivity contribution in [2.45, 2.75) is 24.7 Å². The van der Waals surface area contributed by atoms with Gasteiger partial charge in [0.15, 0.2) is 6.10 Å². The molecule has 2 rings (SSSR count). The van der Waals surface area contributed by atoms with Crippen LogP contribution in [0.4, 0.5) is 20.1 Å². The molecule has 0 saturated carbocycles. The molecule has 0 saturated heterocycles. The molecule has 0 bridgehead atoms. The number of para-hydroxylation sites is 1. The largest absolute Gasteiger partial charge is 0.442 e. The van der Waals surface area contributed by atoms with Gasteiger partial charge in [-0.05, 0) is 34.1 Å². The number of hydrogen-bond acceptors (Lipinski definition) is 7. The molecular formula is C22H27BrCl2N6O7. The Balaban J connectivity index is 2.36. The number of nitrogens with two attached hydrogens (primary N) is 1. The first-order valence-corrected chi connectivity index (χ1v) is 13.1. The number of urea groups is 1. The van der Waals surface area contributed by atoms with E-state index in [4.69, 9.17) is 38.4 Å². The number of primary amides is 1. The fourth-order valence-corrected chi connectivity index (χ4v) is 3.86. The summed E-state index contributed by atoms with van der Waals surface area (Å²) in [6.45, 7) is -0.266. The lowest BCUT2D eigenvalue weighted by atomic mass is 9.89. The van der Waals surface area contributed by atoms with E-state index >= 15 is 0 Å². The Bertz CT molecular complexity index is 1060. The second kappa shape index (κ2) is 15.9. The molecule has 0 aromatic heterocycles. The van der Waals surface area contributed by atoms with Gasteiger partial charge in [0.1, 0.15) is 6.10 Å². The summed E-state index contributed by atoms with van der Waals surface area (Å²) >= 11 is 14.5. The molecule has 38 heavy (non-hydrogen) atoms. The molecule has 0 spiro atoms. The van der Waals surface area contributed by atoms with E-state index in [0.29, 0.717) is 10.2 Å². The maximum absolute atomic E-state index is 12.9. The average molecular weight is 638 g/mol. The number of ether oxygens (including phenoxy) is 2. The number of hydrogen-bond donors (Lipinski definition) is 6. The molecule has 16 heteroatoms. The van der Waals surface area contributed by atoms with Crippen LogP contribution in [0.1, 0.15) is 6.42 Å². The Labute approximate surface area is 236 Å². The molecule has 0 radical (unpaired) electrons. The van der Waals surface area contributed by atoms with Crippen molar-refractivity contribution >= 4 is 74.9 Å². The quantitative estimate of drug-likeness (QED) is 0.198. The highest BCUT2D eigenvalue weighted by atomic mass is 79.9. The average Bonchev–Trinajstić information content (AvgIpc) is 2.87. The third kappa shape index (κ3) is 10.3. The molecule has 0 heterocycles. The fraction of sp³-hybridized carbons (Fsp3) is 0.409. The molecule has 3 atom stereocenters. The van der Waals surface area contributed by atoms with Gasteiger partial charge in [0.25, 0.3) is 0 Å². The van der Waals surface area contributed by atoms with Crippen molar-refractivity contribution < 1.29 is 33.4 Å². The van der Waals surface area contributed by atoms with Gasteiger partial charge in [0, 0.05) is 41.3 Å². The summed E-state index contributed by atoms with van der Waals surface area (Å²) in [4.78, 5) is 61.4. The van der Waals surface area contributed by atoms with Crippen molar-refractivity contribution in [1.29, 1.82) is 0 Å². The molecule has 6 amide bonds. The van der Waals surface area contributed by atoms with Crippen LogP contribution in [0, 0.1) is 0 Å². The second-order valence-corrected chi connectivity index (χ2v) is 9.30. The lowest BCUT2D eigenvalue weighted by molar-refractivity contribution is -0.123. The Morgan fingerprint density at radius 1 is 0.974 bits per heavy atom. The number of carbonyl (C=O) groups is 5. The Morgan fingerprint density at radius 3 is 2.21 bits per heavy atom. The highest BCUT2D eigenvalue weighted by Gasteiger charge is 2.41. The molecule has 0 aliphatic heterocycles. The van der Waals surface area contributed by atoms with E-state index < -0.39 is 54.8 Å². The Morgan fingerprint density at radius 2 is 1.61 bits per heavy atom. The minimum Gasteiger partial charge on any atom is -0.442 e. The first-order chi connectivity index (χ1) is 18.1. The highest BCUT2D eigenvalue weighted by Crippen LogP contribution is 2.26. The number of alkyl carbamates (subject to hydrolysis) is 2. The van der Waals surface area contributed by atoms with E-state index in [1.165, 1.54) is 6.08 Å². The lowest BCUT2D eigenvalue weighted by Gasteiger charge is -2.36. The van der Waals surface area contributed by atoms with Crippen LogP contribution in [0.25, 0.3) is 0 Å². The van der Waals surface area contributed by atoms with E-state index in [1.807, 2.05) is 0 Å². The molecule has 7 N–H and O–H groups in total. The van der Waals surface area contributed by atoms with E-state index in [0.717, 1.165) is 0 Å². The first kappa shape index (κ1) is 31.0. The van der Waals surface area contributed by atoms with Crippen LogP contribution in [-0.4, -0.2) is 79.7 Å². The zero-order valence-electron chi connectivity index (χ0n) is 19.9. The van der Waals surface area contributed by atoms with Gasteiger partial charge >= 0.3 is 18.2 Å². The number of benzene rings is 1. The highest BCUT2D eigenvalue weighted by molar-refractivity contribution is 9.10. The summed E-state index contributed by atoms with van der Waals surface area (Å²) in [6, 6.07) is 4.97. The Hall–Kier alpha value is -3.23. The van der Waals surface area contributed by atoms with E-state index in [2.05, 4.69) is 42.5 Å². The standard InChI is InChI=1S/C22H27BrCl2N6O7/c23-13-3-1-2-4-14(13)30-20(34)31-15-9-12(19(33)29-11-17(26)32)10-16(37-21(35)27-7-5-24)18(15)38-22(36)28-8-6-25/h1-4,9,15-16,18H,5-8,10-11H2,(H2,26,32)(H,27,35)(H,28,36)(H,29,33)(H2,30,31,34). The molecule has 1 aromatic carbocycles. The fourth-order valence-electron chi connectivity index (χ4n) is 3.29. The second-order valence-electron chi connectivity index (χ2n) is 7.69. The topological polar surface area (TPSA) is 190 Å². The van der Waals surface area contributed by atoms with Gasteiger partial charge in [-0.2, -0.15) is 0 Å². The van der Waals surface area contributed by atoms with Crippen LogP contribution in [-0.2, 0) is 19.1 Å². The lowest BCUT2D eigenvalue weighted by Crippen LogP contribution is -2.56. The van der Waals surface area contributed by atoms with Crippen LogP contribution in [0.5, 0.6) is 0 Å². The van der Waals surface area contributed by atoms with Crippen molar-refractivity contribution in [3.63, 3.8) is 0 Å². The molecule has 1 aromatic rings. The monoisotopic (exact) mass is 636 g/mol. The molecule has 3 unspecified atom stereocenters. The third-order valence-corrected chi connectivity index (χ3v) is 5.96. The Kier molecular flexibility index (Phi) is 13.0. The van der Waals surface area contributed by atoms with Crippen LogP contribution in [0.3, 0.4) is 0 Å². The van der Waals surface area contributed by atoms with E-state index in [9.17, 15) is 24.0 Å². The summed E-state index contributed by atoms with van der Waals surface area (Å²) in [5, 5.41) is 12.4. The third-order valence-electron chi connectivity index (χ3n) is 4.89. The normalized spacial score (nSPS) is 18.3. The van der Waals surface area contributed by atoms with Crippen molar-refractivity contribution in [2.24, 2.45) is 5.73 Å². The smallest absolute Gasteiger partial charge is 0.407 e. The predicted molar refractivity (Wildman–Crippen MR) is 143 cm³/mol. The zero-order chi connectivity index (χ0) is 28.1.